The highest BCUT2D eigenvalue weighted by Crippen LogP contribution is 2.34. The van der Waals surface area contributed by atoms with E-state index in [1.165, 1.54) is 6.07 Å². The van der Waals surface area contributed by atoms with Gasteiger partial charge >= 0.3 is 6.18 Å². The molecule has 130 valence electrons. The number of hydrogen-bond acceptors (Lipinski definition) is 2. The Balaban J connectivity index is 0.00000264. The Kier molecular flexibility index (Phi) is 6.10. The quantitative estimate of drug-likeness (QED) is 0.889. The molecule has 1 heterocycles. The van der Waals surface area contributed by atoms with Crippen molar-refractivity contribution in [2.24, 2.45) is 5.73 Å². The number of alkyl halides is 3. The summed E-state index contributed by atoms with van der Waals surface area (Å²) in [4.78, 5) is 14.4. The second kappa shape index (κ2) is 7.09. The molecule has 0 saturated carbocycles. The molecule has 0 aliphatic carbocycles. The maximum atomic E-state index is 12.9. The molecule has 0 aromatic heterocycles. The number of halogens is 4. The second-order valence-electron chi connectivity index (χ2n) is 6.36. The summed E-state index contributed by atoms with van der Waals surface area (Å²) >= 11 is 0. The van der Waals surface area contributed by atoms with Crippen LogP contribution in [0.4, 0.5) is 13.2 Å². The Morgan fingerprint density at radius 2 is 1.87 bits per heavy atom. The van der Waals surface area contributed by atoms with Gasteiger partial charge in [0.25, 0.3) is 0 Å². The average molecular weight is 351 g/mol. The van der Waals surface area contributed by atoms with Crippen LogP contribution in [0.15, 0.2) is 24.3 Å². The van der Waals surface area contributed by atoms with E-state index in [2.05, 4.69) is 0 Å². The summed E-state index contributed by atoms with van der Waals surface area (Å²) < 4.78 is 38.6. The van der Waals surface area contributed by atoms with Crippen LogP contribution >= 0.6 is 12.4 Å². The number of nitrogens with zero attached hydrogens (tertiary/aromatic N) is 1. The minimum Gasteiger partial charge on any atom is -0.340 e. The van der Waals surface area contributed by atoms with Crippen LogP contribution in [0.5, 0.6) is 0 Å². The fraction of sp³-hybridized carbons (Fsp3) is 0.562. The summed E-state index contributed by atoms with van der Waals surface area (Å²) in [6.45, 7) is 4.38. The molecule has 3 nitrogen and oxygen atoms in total. The Morgan fingerprint density at radius 3 is 2.43 bits per heavy atom. The molecule has 7 heteroatoms. The van der Waals surface area contributed by atoms with Crippen LogP contribution in [0.3, 0.4) is 0 Å². The van der Waals surface area contributed by atoms with Gasteiger partial charge in [0, 0.05) is 19.1 Å². The zero-order valence-electron chi connectivity index (χ0n) is 13.2. The predicted molar refractivity (Wildman–Crippen MR) is 85.5 cm³/mol. The molecular weight excluding hydrogens is 329 g/mol. The van der Waals surface area contributed by atoms with Gasteiger partial charge in [-0.05, 0) is 38.3 Å². The zero-order chi connectivity index (χ0) is 16.5. The molecule has 1 unspecified atom stereocenters. The number of amides is 1. The SMILES string of the molecule is CC(C)(C(=O)N1CCCC(N)C1)c1cccc(C(F)(F)F)c1.Cl. The minimum atomic E-state index is -4.41. The molecular formula is C16H22ClF3N2O. The van der Waals surface area contributed by atoms with Crippen molar-refractivity contribution in [2.45, 2.75) is 44.3 Å². The van der Waals surface area contributed by atoms with E-state index in [9.17, 15) is 18.0 Å². The molecule has 1 aromatic carbocycles. The summed E-state index contributed by atoms with van der Waals surface area (Å²) in [5.41, 5.74) is 4.50. The van der Waals surface area contributed by atoms with Crippen molar-refractivity contribution < 1.29 is 18.0 Å². The number of benzene rings is 1. The lowest BCUT2D eigenvalue weighted by Gasteiger charge is -2.37. The molecule has 1 aromatic rings. The van der Waals surface area contributed by atoms with E-state index in [0.29, 0.717) is 18.7 Å². The van der Waals surface area contributed by atoms with Gasteiger partial charge in [0.05, 0.1) is 11.0 Å². The second-order valence-corrected chi connectivity index (χ2v) is 6.36. The predicted octanol–water partition coefficient (Wildman–Crippen LogP) is 3.35. The molecule has 2 rings (SSSR count). The van der Waals surface area contributed by atoms with Crippen molar-refractivity contribution in [3.8, 4) is 0 Å². The zero-order valence-corrected chi connectivity index (χ0v) is 14.0. The van der Waals surface area contributed by atoms with Gasteiger partial charge in [0.1, 0.15) is 0 Å². The van der Waals surface area contributed by atoms with Crippen LogP contribution in [0.25, 0.3) is 0 Å². The molecule has 2 N–H and O–H groups in total. The highest BCUT2D eigenvalue weighted by molar-refractivity contribution is 5.87. The molecule has 1 aliphatic rings. The van der Waals surface area contributed by atoms with Crippen molar-refractivity contribution in [1.82, 2.24) is 4.90 Å². The lowest BCUT2D eigenvalue weighted by atomic mass is 9.82. The highest BCUT2D eigenvalue weighted by atomic mass is 35.5. The normalized spacial score (nSPS) is 19.2. The molecule has 1 saturated heterocycles. The van der Waals surface area contributed by atoms with Crippen molar-refractivity contribution >= 4 is 18.3 Å². The Morgan fingerprint density at radius 1 is 1.26 bits per heavy atom. The van der Waals surface area contributed by atoms with Crippen LogP contribution in [-0.4, -0.2) is 29.9 Å². The lowest BCUT2D eigenvalue weighted by molar-refractivity contribution is -0.139. The fourth-order valence-corrected chi connectivity index (χ4v) is 2.80. The highest BCUT2D eigenvalue weighted by Gasteiger charge is 2.37. The van der Waals surface area contributed by atoms with E-state index in [-0.39, 0.29) is 24.4 Å². The minimum absolute atomic E-state index is 0. The van der Waals surface area contributed by atoms with E-state index in [1.807, 2.05) is 0 Å². The van der Waals surface area contributed by atoms with Gasteiger partial charge in [-0.2, -0.15) is 13.2 Å². The number of rotatable bonds is 2. The van der Waals surface area contributed by atoms with E-state index in [0.717, 1.165) is 25.0 Å². The largest absolute Gasteiger partial charge is 0.416 e. The van der Waals surface area contributed by atoms with Gasteiger partial charge in [-0.3, -0.25) is 4.79 Å². The molecule has 0 bridgehead atoms. The van der Waals surface area contributed by atoms with Gasteiger partial charge in [0.2, 0.25) is 5.91 Å². The van der Waals surface area contributed by atoms with Crippen LogP contribution in [0, 0.1) is 0 Å². The smallest absolute Gasteiger partial charge is 0.340 e. The lowest BCUT2D eigenvalue weighted by Crippen LogP contribution is -2.51. The van der Waals surface area contributed by atoms with Crippen LogP contribution in [-0.2, 0) is 16.4 Å². The van der Waals surface area contributed by atoms with Gasteiger partial charge in [-0.15, -0.1) is 12.4 Å². The topological polar surface area (TPSA) is 46.3 Å². The first-order valence-corrected chi connectivity index (χ1v) is 7.35. The van der Waals surface area contributed by atoms with Crippen LogP contribution < -0.4 is 5.73 Å². The summed E-state index contributed by atoms with van der Waals surface area (Å²) in [5, 5.41) is 0. The first-order valence-electron chi connectivity index (χ1n) is 7.35. The molecule has 1 atom stereocenters. The Bertz CT molecular complexity index is 561. The van der Waals surface area contributed by atoms with Crippen molar-refractivity contribution in [1.29, 1.82) is 0 Å². The third kappa shape index (κ3) is 4.38. The molecule has 0 radical (unpaired) electrons. The maximum absolute atomic E-state index is 12.9. The summed E-state index contributed by atoms with van der Waals surface area (Å²) in [5.74, 6) is -0.179. The van der Waals surface area contributed by atoms with Crippen molar-refractivity contribution in [3.05, 3.63) is 35.4 Å². The molecule has 0 spiro atoms. The van der Waals surface area contributed by atoms with Gasteiger partial charge < -0.3 is 10.6 Å². The van der Waals surface area contributed by atoms with Crippen molar-refractivity contribution in [2.75, 3.05) is 13.1 Å². The van der Waals surface area contributed by atoms with Crippen LogP contribution in [0.1, 0.15) is 37.8 Å². The molecule has 1 aliphatic heterocycles. The summed E-state index contributed by atoms with van der Waals surface area (Å²) in [6.07, 6.45) is -2.72. The van der Waals surface area contributed by atoms with E-state index >= 15 is 0 Å². The maximum Gasteiger partial charge on any atom is 0.416 e. The Labute approximate surface area is 140 Å². The van der Waals surface area contributed by atoms with Crippen molar-refractivity contribution in [3.63, 3.8) is 0 Å². The third-order valence-electron chi connectivity index (χ3n) is 4.19. The number of nitrogens with two attached hydrogens (primary N) is 1. The van der Waals surface area contributed by atoms with Gasteiger partial charge in [-0.25, -0.2) is 0 Å². The number of carbonyl (C=O) groups excluding carboxylic acids is 1. The van der Waals surface area contributed by atoms with E-state index in [4.69, 9.17) is 5.73 Å². The van der Waals surface area contributed by atoms with Crippen LogP contribution in [0.2, 0.25) is 0 Å². The molecule has 1 amide bonds. The third-order valence-corrected chi connectivity index (χ3v) is 4.19. The number of likely N-dealkylation sites (tertiary alicyclic amines) is 1. The average Bonchev–Trinajstić information content (AvgIpc) is 2.45. The number of hydrogen-bond donors (Lipinski definition) is 1. The van der Waals surface area contributed by atoms with E-state index in [1.54, 1.807) is 24.8 Å². The Hall–Kier alpha value is -1.27. The first-order chi connectivity index (χ1) is 10.1. The van der Waals surface area contributed by atoms with Gasteiger partial charge in [0.15, 0.2) is 0 Å². The number of carbonyl (C=O) groups is 1. The fourth-order valence-electron chi connectivity index (χ4n) is 2.80. The summed E-state index contributed by atoms with van der Waals surface area (Å²) in [6, 6.07) is 4.92. The van der Waals surface area contributed by atoms with E-state index < -0.39 is 17.2 Å². The molecule has 1 fully saturated rings. The first kappa shape index (κ1) is 19.8. The summed E-state index contributed by atoms with van der Waals surface area (Å²) in [7, 11) is 0. The number of piperidine rings is 1. The monoisotopic (exact) mass is 350 g/mol. The van der Waals surface area contributed by atoms with Gasteiger partial charge in [-0.1, -0.05) is 18.2 Å². The molecule has 23 heavy (non-hydrogen) atoms. The standard InChI is InChI=1S/C16H21F3N2O.ClH/c1-15(2,14(22)21-8-4-7-13(20)10-21)11-5-3-6-12(9-11)16(17,18)19;/h3,5-6,9,13H,4,7-8,10,20H2,1-2H3;1H.